The number of ether oxygens (including phenoxy) is 1. The van der Waals surface area contributed by atoms with Gasteiger partial charge in [-0.25, -0.2) is 14.6 Å². The van der Waals surface area contributed by atoms with E-state index in [0.29, 0.717) is 0 Å². The molecular formula is C26H31N3O4. The number of nitrogens with one attached hydrogen (secondary N) is 2. The van der Waals surface area contributed by atoms with Crippen molar-refractivity contribution in [3.8, 4) is 17.0 Å². The van der Waals surface area contributed by atoms with Crippen molar-refractivity contribution in [2.75, 3.05) is 5.32 Å². The number of nitrogens with zero attached hydrogens (tertiary/aromatic N) is 1. The van der Waals surface area contributed by atoms with Gasteiger partial charge in [0.1, 0.15) is 0 Å². The number of carbonyl (C=O) groups excluding carboxylic acids is 1. The van der Waals surface area contributed by atoms with Gasteiger partial charge in [-0.1, -0.05) is 12.1 Å². The summed E-state index contributed by atoms with van der Waals surface area (Å²) in [6.45, 7) is 2.96. The molecular weight excluding hydrogens is 418 g/mol. The Morgan fingerprint density at radius 1 is 0.970 bits per heavy atom. The van der Waals surface area contributed by atoms with Crippen molar-refractivity contribution in [2.45, 2.75) is 63.5 Å². The van der Waals surface area contributed by atoms with E-state index in [0.717, 1.165) is 53.8 Å². The molecule has 1 aromatic heterocycles. The summed E-state index contributed by atoms with van der Waals surface area (Å²) < 4.78 is 5.45. The fraction of sp³-hybridized carbons (Fsp3) is 0.500. The summed E-state index contributed by atoms with van der Waals surface area (Å²) >= 11 is 0. The Morgan fingerprint density at radius 2 is 1.55 bits per heavy atom. The number of carboxylic acid groups (broad SMARTS) is 1. The molecule has 33 heavy (non-hydrogen) atoms. The van der Waals surface area contributed by atoms with Crippen molar-refractivity contribution >= 4 is 17.7 Å². The van der Waals surface area contributed by atoms with Gasteiger partial charge in [0.15, 0.2) is 0 Å². The maximum absolute atomic E-state index is 12.8. The van der Waals surface area contributed by atoms with E-state index < -0.39 is 11.6 Å². The minimum Gasteiger partial charge on any atom is -0.478 e. The number of aromatic nitrogens is 1. The van der Waals surface area contributed by atoms with Crippen LogP contribution in [0.5, 0.6) is 5.88 Å². The second-order valence-electron chi connectivity index (χ2n) is 10.7. The summed E-state index contributed by atoms with van der Waals surface area (Å²) in [5, 5.41) is 15.5. The Hall–Kier alpha value is -3.09. The van der Waals surface area contributed by atoms with Crippen LogP contribution in [0, 0.1) is 17.8 Å². The largest absolute Gasteiger partial charge is 0.478 e. The highest BCUT2D eigenvalue weighted by Crippen LogP contribution is 2.55. The van der Waals surface area contributed by atoms with Gasteiger partial charge in [-0.05, 0) is 93.9 Å². The first-order valence-corrected chi connectivity index (χ1v) is 11.8. The van der Waals surface area contributed by atoms with Crippen molar-refractivity contribution in [2.24, 2.45) is 17.8 Å². The van der Waals surface area contributed by atoms with Gasteiger partial charge in [0.25, 0.3) is 0 Å². The highest BCUT2D eigenvalue weighted by Gasteiger charge is 2.51. The van der Waals surface area contributed by atoms with Crippen LogP contribution in [0.1, 0.15) is 52.4 Å². The Kier molecular flexibility index (Phi) is 5.30. The molecule has 0 spiro atoms. The lowest BCUT2D eigenvalue weighted by Gasteiger charge is -2.56. The summed E-state index contributed by atoms with van der Waals surface area (Å²) in [6.07, 6.45) is 9.08. The standard InChI is InChI=1S/C26H31N3O4/c1-25(2,23(30)31)33-22-8-5-20(15-27-22)19-3-6-21(7-4-19)28-24(32)29-26-12-16-9-17(13-26)11-18(10-16)14-26/h3-8,15-18H,9-14H2,1-2H3,(H,30,31)(H2,28,29,32). The van der Waals surface area contributed by atoms with Crippen LogP contribution in [0.3, 0.4) is 0 Å². The highest BCUT2D eigenvalue weighted by atomic mass is 16.5. The minimum absolute atomic E-state index is 0.0105. The van der Waals surface area contributed by atoms with Crippen LogP contribution >= 0.6 is 0 Å². The molecule has 174 valence electrons. The van der Waals surface area contributed by atoms with E-state index in [9.17, 15) is 14.7 Å². The molecule has 4 aliphatic carbocycles. The summed E-state index contributed by atoms with van der Waals surface area (Å²) in [5.74, 6) is 1.57. The molecule has 6 rings (SSSR count). The van der Waals surface area contributed by atoms with Crippen molar-refractivity contribution in [1.82, 2.24) is 10.3 Å². The zero-order chi connectivity index (χ0) is 23.2. The first-order valence-electron chi connectivity index (χ1n) is 11.8. The Labute approximate surface area is 193 Å². The molecule has 0 aliphatic heterocycles. The number of urea groups is 1. The summed E-state index contributed by atoms with van der Waals surface area (Å²) in [5.41, 5.74) is 1.21. The van der Waals surface area contributed by atoms with Crippen LogP contribution in [0.15, 0.2) is 42.6 Å². The second kappa shape index (κ2) is 8.04. The second-order valence-corrected chi connectivity index (χ2v) is 10.7. The number of anilines is 1. The minimum atomic E-state index is -1.35. The lowest BCUT2D eigenvalue weighted by atomic mass is 9.53. The van der Waals surface area contributed by atoms with E-state index in [4.69, 9.17) is 4.74 Å². The highest BCUT2D eigenvalue weighted by molar-refractivity contribution is 5.90. The number of carbonyl (C=O) groups is 2. The van der Waals surface area contributed by atoms with Crippen LogP contribution < -0.4 is 15.4 Å². The normalized spacial score (nSPS) is 27.8. The molecule has 4 fully saturated rings. The van der Waals surface area contributed by atoms with Crippen LogP contribution in [-0.2, 0) is 4.79 Å². The molecule has 0 unspecified atom stereocenters. The van der Waals surface area contributed by atoms with E-state index in [-0.39, 0.29) is 17.5 Å². The van der Waals surface area contributed by atoms with Gasteiger partial charge >= 0.3 is 12.0 Å². The molecule has 3 N–H and O–H groups in total. The van der Waals surface area contributed by atoms with Crippen molar-refractivity contribution in [1.29, 1.82) is 0 Å². The number of pyridine rings is 1. The molecule has 0 atom stereocenters. The lowest BCUT2D eigenvalue weighted by molar-refractivity contribution is -0.152. The summed E-state index contributed by atoms with van der Waals surface area (Å²) in [7, 11) is 0. The van der Waals surface area contributed by atoms with Gasteiger partial charge in [-0.15, -0.1) is 0 Å². The number of benzene rings is 1. The number of amides is 2. The first kappa shape index (κ1) is 21.7. The number of rotatable bonds is 6. The zero-order valence-corrected chi connectivity index (χ0v) is 19.1. The van der Waals surface area contributed by atoms with Crippen LogP contribution in [0.4, 0.5) is 10.5 Å². The molecule has 0 radical (unpaired) electrons. The van der Waals surface area contributed by atoms with Crippen molar-refractivity contribution in [3.63, 3.8) is 0 Å². The number of carboxylic acids is 1. The third-order valence-electron chi connectivity index (χ3n) is 7.50. The van der Waals surface area contributed by atoms with E-state index in [1.165, 1.54) is 33.1 Å². The molecule has 2 amide bonds. The average Bonchev–Trinajstić information content (AvgIpc) is 2.73. The lowest BCUT2D eigenvalue weighted by Crippen LogP contribution is -2.60. The third-order valence-corrected chi connectivity index (χ3v) is 7.50. The van der Waals surface area contributed by atoms with Gasteiger partial charge in [-0.2, -0.15) is 0 Å². The SMILES string of the molecule is CC(C)(Oc1ccc(-c2ccc(NC(=O)NC34CC5CC(CC(C5)C3)C4)cc2)cn1)C(=O)O. The zero-order valence-electron chi connectivity index (χ0n) is 19.1. The Bertz CT molecular complexity index is 1010. The molecule has 4 saturated carbocycles. The van der Waals surface area contributed by atoms with Gasteiger partial charge in [0, 0.05) is 29.1 Å². The van der Waals surface area contributed by atoms with Crippen LogP contribution in [0.2, 0.25) is 0 Å². The molecule has 2 aromatic rings. The van der Waals surface area contributed by atoms with Crippen molar-refractivity contribution < 1.29 is 19.4 Å². The fourth-order valence-corrected chi connectivity index (χ4v) is 6.33. The average molecular weight is 450 g/mol. The van der Waals surface area contributed by atoms with E-state index >= 15 is 0 Å². The predicted molar refractivity (Wildman–Crippen MR) is 125 cm³/mol. The molecule has 1 aromatic carbocycles. The number of hydrogen-bond acceptors (Lipinski definition) is 4. The molecule has 1 heterocycles. The van der Waals surface area contributed by atoms with Gasteiger partial charge in [0.05, 0.1) is 0 Å². The number of aliphatic carboxylic acids is 1. The van der Waals surface area contributed by atoms with Gasteiger partial charge in [0.2, 0.25) is 11.5 Å². The van der Waals surface area contributed by atoms with Gasteiger partial charge in [-0.3, -0.25) is 0 Å². The first-order chi connectivity index (χ1) is 15.7. The van der Waals surface area contributed by atoms with E-state index in [1.807, 2.05) is 30.3 Å². The maximum Gasteiger partial charge on any atom is 0.347 e. The molecule has 4 bridgehead atoms. The van der Waals surface area contributed by atoms with E-state index in [2.05, 4.69) is 15.6 Å². The molecule has 4 aliphatic rings. The third kappa shape index (κ3) is 4.54. The van der Waals surface area contributed by atoms with E-state index in [1.54, 1.807) is 12.3 Å². The van der Waals surface area contributed by atoms with Gasteiger partial charge < -0.3 is 20.5 Å². The monoisotopic (exact) mass is 449 g/mol. The molecule has 7 nitrogen and oxygen atoms in total. The van der Waals surface area contributed by atoms with Crippen LogP contribution in [-0.4, -0.2) is 33.2 Å². The maximum atomic E-state index is 12.8. The molecule has 0 saturated heterocycles. The topological polar surface area (TPSA) is 101 Å². The number of hydrogen-bond donors (Lipinski definition) is 3. The summed E-state index contributed by atoms with van der Waals surface area (Å²) in [6, 6.07) is 11.0. The fourth-order valence-electron chi connectivity index (χ4n) is 6.33. The smallest absolute Gasteiger partial charge is 0.347 e. The van der Waals surface area contributed by atoms with Crippen molar-refractivity contribution in [3.05, 3.63) is 42.6 Å². The quantitative estimate of drug-likeness (QED) is 0.571. The Balaban J connectivity index is 1.19. The Morgan fingerprint density at radius 3 is 2.06 bits per heavy atom. The van der Waals surface area contributed by atoms with Crippen LogP contribution in [0.25, 0.3) is 11.1 Å². The summed E-state index contributed by atoms with van der Waals surface area (Å²) in [4.78, 5) is 28.2. The molecule has 7 heteroatoms. The predicted octanol–water partition coefficient (Wildman–Crippen LogP) is 5.08.